The van der Waals surface area contributed by atoms with Gasteiger partial charge in [0.15, 0.2) is 0 Å². The molecule has 1 aromatic carbocycles. The predicted octanol–water partition coefficient (Wildman–Crippen LogP) is 4.40. The number of aryl methyl sites for hydroxylation is 1. The molecule has 3 atom stereocenters. The van der Waals surface area contributed by atoms with E-state index in [1.165, 1.54) is 29.1 Å². The molecule has 0 aromatic heterocycles. The van der Waals surface area contributed by atoms with E-state index in [-0.39, 0.29) is 0 Å². The van der Waals surface area contributed by atoms with E-state index in [9.17, 15) is 0 Å². The fourth-order valence-electron chi connectivity index (χ4n) is 3.04. The van der Waals surface area contributed by atoms with Crippen LogP contribution in [-0.2, 0) is 12.8 Å². The van der Waals surface area contributed by atoms with Gasteiger partial charge < -0.3 is 5.32 Å². The van der Waals surface area contributed by atoms with Gasteiger partial charge in [0.1, 0.15) is 0 Å². The van der Waals surface area contributed by atoms with Crippen molar-refractivity contribution >= 4 is 23.5 Å². The van der Waals surface area contributed by atoms with E-state index in [0.29, 0.717) is 6.04 Å². The van der Waals surface area contributed by atoms with Crippen molar-refractivity contribution in [3.05, 3.63) is 35.4 Å². The third-order valence-electron chi connectivity index (χ3n) is 4.24. The fourth-order valence-corrected chi connectivity index (χ4v) is 6.31. The lowest BCUT2D eigenvalue weighted by atomic mass is 9.99. The molecule has 1 fully saturated rings. The van der Waals surface area contributed by atoms with Gasteiger partial charge in [-0.05, 0) is 36.9 Å². The molecule has 0 spiro atoms. The summed E-state index contributed by atoms with van der Waals surface area (Å²) in [5.74, 6) is 2.63. The van der Waals surface area contributed by atoms with Crippen molar-refractivity contribution in [1.82, 2.24) is 5.32 Å². The summed E-state index contributed by atoms with van der Waals surface area (Å²) in [5, 5.41) is 5.32. The Balaban J connectivity index is 2.06. The van der Waals surface area contributed by atoms with E-state index < -0.39 is 0 Å². The van der Waals surface area contributed by atoms with Crippen molar-refractivity contribution in [2.24, 2.45) is 0 Å². The largest absolute Gasteiger partial charge is 0.313 e. The molecule has 0 radical (unpaired) electrons. The molecule has 1 N–H and O–H groups in total. The number of thioether (sulfide) groups is 2. The van der Waals surface area contributed by atoms with Gasteiger partial charge in [-0.1, -0.05) is 45.0 Å². The highest BCUT2D eigenvalue weighted by molar-refractivity contribution is 8.07. The molecule has 118 valence electrons. The van der Waals surface area contributed by atoms with Crippen molar-refractivity contribution in [3.8, 4) is 0 Å². The Bertz CT molecular complexity index is 404. The number of hydrogen-bond donors (Lipinski definition) is 1. The van der Waals surface area contributed by atoms with Crippen LogP contribution >= 0.6 is 23.5 Å². The lowest BCUT2D eigenvalue weighted by Gasteiger charge is -2.36. The topological polar surface area (TPSA) is 12.0 Å². The zero-order valence-corrected chi connectivity index (χ0v) is 15.2. The molecule has 3 unspecified atom stereocenters. The third-order valence-corrected chi connectivity index (χ3v) is 7.65. The van der Waals surface area contributed by atoms with E-state index in [4.69, 9.17) is 0 Å². The van der Waals surface area contributed by atoms with Crippen LogP contribution in [0, 0.1) is 0 Å². The van der Waals surface area contributed by atoms with Gasteiger partial charge in [-0.3, -0.25) is 0 Å². The van der Waals surface area contributed by atoms with Crippen LogP contribution in [0.3, 0.4) is 0 Å². The van der Waals surface area contributed by atoms with Crippen molar-refractivity contribution in [1.29, 1.82) is 0 Å². The average molecular weight is 324 g/mol. The SMILES string of the molecule is CCNC(Cc1ccc(CC)cc1)C1SCCSC1CC. The van der Waals surface area contributed by atoms with Gasteiger partial charge in [-0.2, -0.15) is 23.5 Å². The first-order valence-electron chi connectivity index (χ1n) is 8.32. The van der Waals surface area contributed by atoms with Gasteiger partial charge in [0, 0.05) is 28.0 Å². The van der Waals surface area contributed by atoms with E-state index in [1.807, 2.05) is 0 Å². The zero-order valence-electron chi connectivity index (χ0n) is 13.6. The predicted molar refractivity (Wildman–Crippen MR) is 99.8 cm³/mol. The van der Waals surface area contributed by atoms with Crippen molar-refractivity contribution in [2.75, 3.05) is 18.1 Å². The Morgan fingerprint density at radius 1 is 1.05 bits per heavy atom. The minimum absolute atomic E-state index is 0.602. The minimum atomic E-state index is 0.602. The van der Waals surface area contributed by atoms with Crippen LogP contribution in [0.25, 0.3) is 0 Å². The molecular formula is C18H29NS2. The molecule has 1 nitrogen and oxygen atoms in total. The number of likely N-dealkylation sites (N-methyl/N-ethyl adjacent to an activating group) is 1. The molecule has 3 heteroatoms. The first-order chi connectivity index (χ1) is 10.3. The van der Waals surface area contributed by atoms with Gasteiger partial charge in [0.2, 0.25) is 0 Å². The van der Waals surface area contributed by atoms with Crippen LogP contribution in [-0.4, -0.2) is 34.6 Å². The lowest BCUT2D eigenvalue weighted by Crippen LogP contribution is -2.46. The summed E-state index contributed by atoms with van der Waals surface area (Å²) in [5.41, 5.74) is 2.91. The molecule has 21 heavy (non-hydrogen) atoms. The molecule has 0 amide bonds. The molecule has 1 aliphatic rings. The monoisotopic (exact) mass is 323 g/mol. The molecule has 0 saturated carbocycles. The molecule has 0 bridgehead atoms. The molecule has 0 aliphatic carbocycles. The van der Waals surface area contributed by atoms with Crippen LogP contribution in [0.2, 0.25) is 0 Å². The second-order valence-electron chi connectivity index (χ2n) is 5.69. The maximum Gasteiger partial charge on any atom is 0.0323 e. The Labute approximate surface area is 139 Å². The van der Waals surface area contributed by atoms with Crippen LogP contribution in [0.1, 0.15) is 38.3 Å². The molecule has 2 rings (SSSR count). The highest BCUT2D eigenvalue weighted by Crippen LogP contribution is 2.36. The highest BCUT2D eigenvalue weighted by Gasteiger charge is 2.31. The molecule has 1 aliphatic heterocycles. The van der Waals surface area contributed by atoms with Crippen molar-refractivity contribution < 1.29 is 0 Å². The molecular weight excluding hydrogens is 294 g/mol. The summed E-state index contributed by atoms with van der Waals surface area (Å²) in [6.45, 7) is 7.86. The molecule has 1 heterocycles. The van der Waals surface area contributed by atoms with E-state index in [2.05, 4.69) is 73.9 Å². The first-order valence-corrected chi connectivity index (χ1v) is 10.4. The summed E-state index contributed by atoms with van der Waals surface area (Å²) in [6, 6.07) is 9.83. The highest BCUT2D eigenvalue weighted by atomic mass is 32.2. The van der Waals surface area contributed by atoms with Gasteiger partial charge in [-0.15, -0.1) is 0 Å². The third kappa shape index (κ3) is 4.94. The number of rotatable bonds is 7. The summed E-state index contributed by atoms with van der Waals surface area (Å²) >= 11 is 4.37. The van der Waals surface area contributed by atoms with Crippen LogP contribution in [0.15, 0.2) is 24.3 Å². The minimum Gasteiger partial charge on any atom is -0.313 e. The van der Waals surface area contributed by atoms with Crippen LogP contribution in [0.4, 0.5) is 0 Å². The standard InChI is InChI=1S/C18H29NS2/c1-4-14-7-9-15(10-8-14)13-16(19-6-3)18-17(5-2)20-11-12-21-18/h7-10,16-19H,4-6,11-13H2,1-3H3. The van der Waals surface area contributed by atoms with Gasteiger partial charge in [0.05, 0.1) is 0 Å². The second kappa shape index (κ2) is 9.12. The number of benzene rings is 1. The lowest BCUT2D eigenvalue weighted by molar-refractivity contribution is 0.490. The average Bonchev–Trinajstić information content (AvgIpc) is 2.55. The summed E-state index contributed by atoms with van der Waals surface area (Å²) < 4.78 is 0. The van der Waals surface area contributed by atoms with Crippen molar-refractivity contribution in [2.45, 2.75) is 56.6 Å². The van der Waals surface area contributed by atoms with E-state index in [0.717, 1.165) is 29.9 Å². The quantitative estimate of drug-likeness (QED) is 0.799. The van der Waals surface area contributed by atoms with Crippen LogP contribution in [0.5, 0.6) is 0 Å². The number of nitrogens with one attached hydrogen (secondary N) is 1. The Kier molecular flexibility index (Phi) is 7.48. The second-order valence-corrected chi connectivity index (χ2v) is 8.32. The van der Waals surface area contributed by atoms with Gasteiger partial charge in [0.25, 0.3) is 0 Å². The Morgan fingerprint density at radius 2 is 1.71 bits per heavy atom. The zero-order chi connectivity index (χ0) is 15.1. The Hall–Kier alpha value is -0.120. The maximum atomic E-state index is 3.76. The molecule has 1 aromatic rings. The molecule has 1 saturated heterocycles. The summed E-state index contributed by atoms with van der Waals surface area (Å²) in [7, 11) is 0. The Morgan fingerprint density at radius 3 is 2.33 bits per heavy atom. The van der Waals surface area contributed by atoms with Gasteiger partial charge in [-0.25, -0.2) is 0 Å². The normalized spacial score (nSPS) is 24.0. The van der Waals surface area contributed by atoms with Crippen LogP contribution < -0.4 is 5.32 Å². The fraction of sp³-hybridized carbons (Fsp3) is 0.667. The maximum absolute atomic E-state index is 3.76. The van der Waals surface area contributed by atoms with Gasteiger partial charge >= 0.3 is 0 Å². The number of hydrogen-bond acceptors (Lipinski definition) is 3. The summed E-state index contributed by atoms with van der Waals surface area (Å²) in [4.78, 5) is 0. The van der Waals surface area contributed by atoms with E-state index >= 15 is 0 Å². The smallest absolute Gasteiger partial charge is 0.0323 e. The first kappa shape index (κ1) is 17.2. The van der Waals surface area contributed by atoms with Crippen molar-refractivity contribution in [3.63, 3.8) is 0 Å². The van der Waals surface area contributed by atoms with E-state index in [1.54, 1.807) is 0 Å². The summed E-state index contributed by atoms with van der Waals surface area (Å²) in [6.07, 6.45) is 3.58.